The maximum atomic E-state index is 9.60. The Balaban J connectivity index is 2.11. The molecule has 1 aromatic heterocycles. The number of benzene rings is 1. The number of nitrogens with zero attached hydrogens (tertiary/aromatic N) is 1. The van der Waals surface area contributed by atoms with Crippen molar-refractivity contribution in [2.24, 2.45) is 4.99 Å². The standard InChI is InChI=1S/C12H9N3O2S/c16-7-1-2-9-8(4-7)6(5-13-9)3-10-11(17)15-12(18)14-10/h1-5,16-17H,(H2,14,15,18)/b6-3+. The van der Waals surface area contributed by atoms with Gasteiger partial charge in [0, 0.05) is 17.4 Å². The Hall–Kier alpha value is -2.34. The molecule has 0 aliphatic carbocycles. The number of aromatic hydroxyl groups is 2. The average Bonchev–Trinajstić information content (AvgIpc) is 2.84. The molecule has 2 aromatic rings. The minimum atomic E-state index is -0.0190. The molecule has 0 fully saturated rings. The normalized spacial score (nSPS) is 15.2. The highest BCUT2D eigenvalue weighted by molar-refractivity contribution is 7.71. The van der Waals surface area contributed by atoms with E-state index in [0.717, 1.165) is 16.8 Å². The number of phenols is 1. The third kappa shape index (κ3) is 1.72. The predicted octanol–water partition coefficient (Wildman–Crippen LogP) is 2.74. The van der Waals surface area contributed by atoms with Crippen LogP contribution in [0, 0.1) is 4.77 Å². The highest BCUT2D eigenvalue weighted by Gasteiger charge is 2.14. The summed E-state index contributed by atoms with van der Waals surface area (Å²) < 4.78 is 0.352. The number of H-pyrrole nitrogens is 2. The van der Waals surface area contributed by atoms with Gasteiger partial charge in [0.2, 0.25) is 5.88 Å². The first-order chi connectivity index (χ1) is 8.63. The highest BCUT2D eigenvalue weighted by atomic mass is 32.1. The van der Waals surface area contributed by atoms with Gasteiger partial charge in [-0.1, -0.05) is 0 Å². The van der Waals surface area contributed by atoms with E-state index >= 15 is 0 Å². The first kappa shape index (κ1) is 10.8. The van der Waals surface area contributed by atoms with E-state index < -0.39 is 0 Å². The van der Waals surface area contributed by atoms with Gasteiger partial charge in [0.05, 0.1) is 5.69 Å². The molecule has 5 nitrogen and oxygen atoms in total. The van der Waals surface area contributed by atoms with E-state index in [9.17, 15) is 10.2 Å². The van der Waals surface area contributed by atoms with E-state index in [-0.39, 0.29) is 11.6 Å². The van der Waals surface area contributed by atoms with Gasteiger partial charge >= 0.3 is 0 Å². The molecule has 0 saturated heterocycles. The number of aromatic amines is 2. The Bertz CT molecular complexity index is 740. The molecule has 2 heterocycles. The van der Waals surface area contributed by atoms with Gasteiger partial charge < -0.3 is 20.2 Å². The summed E-state index contributed by atoms with van der Waals surface area (Å²) in [5.74, 6) is 0.158. The van der Waals surface area contributed by atoms with Gasteiger partial charge in [0.15, 0.2) is 4.77 Å². The number of rotatable bonds is 1. The molecule has 6 heteroatoms. The van der Waals surface area contributed by atoms with Crippen LogP contribution in [0.25, 0.3) is 11.6 Å². The molecule has 0 spiro atoms. The Morgan fingerprint density at radius 3 is 2.78 bits per heavy atom. The molecule has 1 aromatic carbocycles. The molecule has 18 heavy (non-hydrogen) atoms. The molecule has 1 aliphatic rings. The lowest BCUT2D eigenvalue weighted by Crippen LogP contribution is -1.81. The molecule has 0 unspecified atom stereocenters. The summed E-state index contributed by atoms with van der Waals surface area (Å²) >= 11 is 4.89. The van der Waals surface area contributed by atoms with Crippen LogP contribution >= 0.6 is 12.2 Å². The Morgan fingerprint density at radius 2 is 2.06 bits per heavy atom. The van der Waals surface area contributed by atoms with Crippen LogP contribution < -0.4 is 0 Å². The predicted molar refractivity (Wildman–Crippen MR) is 71.8 cm³/mol. The van der Waals surface area contributed by atoms with E-state index in [1.807, 2.05) is 0 Å². The number of allylic oxidation sites excluding steroid dienone is 1. The van der Waals surface area contributed by atoms with E-state index in [2.05, 4.69) is 15.0 Å². The third-order valence-electron chi connectivity index (χ3n) is 2.67. The average molecular weight is 259 g/mol. The summed E-state index contributed by atoms with van der Waals surface area (Å²) in [7, 11) is 0. The molecule has 0 amide bonds. The Labute approximate surface area is 107 Å². The third-order valence-corrected chi connectivity index (χ3v) is 2.87. The fourth-order valence-corrected chi connectivity index (χ4v) is 2.05. The molecular formula is C12H9N3O2S. The number of hydrogen-bond acceptors (Lipinski definition) is 4. The van der Waals surface area contributed by atoms with Crippen molar-refractivity contribution in [2.75, 3.05) is 0 Å². The van der Waals surface area contributed by atoms with Crippen molar-refractivity contribution in [3.05, 3.63) is 34.2 Å². The van der Waals surface area contributed by atoms with Crippen molar-refractivity contribution < 1.29 is 10.2 Å². The Kier molecular flexibility index (Phi) is 2.31. The first-order valence-electron chi connectivity index (χ1n) is 5.24. The number of aliphatic imine (C=N–C) groups is 1. The van der Waals surface area contributed by atoms with Crippen molar-refractivity contribution >= 4 is 35.8 Å². The molecule has 0 saturated carbocycles. The summed E-state index contributed by atoms with van der Waals surface area (Å²) in [5, 5.41) is 19.1. The van der Waals surface area contributed by atoms with Crippen LogP contribution in [0.1, 0.15) is 11.3 Å². The van der Waals surface area contributed by atoms with Crippen LogP contribution in [0.5, 0.6) is 11.6 Å². The molecular weight excluding hydrogens is 250 g/mol. The topological polar surface area (TPSA) is 84.4 Å². The second-order valence-electron chi connectivity index (χ2n) is 3.90. The number of fused-ring (bicyclic) bond motifs is 1. The first-order valence-corrected chi connectivity index (χ1v) is 5.65. The van der Waals surface area contributed by atoms with Gasteiger partial charge in [-0.3, -0.25) is 4.99 Å². The van der Waals surface area contributed by atoms with E-state index in [1.54, 1.807) is 30.5 Å². The van der Waals surface area contributed by atoms with Crippen LogP contribution in [0.2, 0.25) is 0 Å². The molecule has 0 radical (unpaired) electrons. The SMILES string of the molecule is Oc1ccc2c(c1)/C(=C/c1[nH]c(=S)[nH]c1O)C=N2. The fraction of sp³-hybridized carbons (Fsp3) is 0. The molecule has 3 rings (SSSR count). The lowest BCUT2D eigenvalue weighted by Gasteiger charge is -2.00. The van der Waals surface area contributed by atoms with Crippen LogP contribution in [-0.4, -0.2) is 26.4 Å². The van der Waals surface area contributed by atoms with Gasteiger partial charge in [-0.05, 0) is 36.5 Å². The zero-order valence-corrected chi connectivity index (χ0v) is 9.95. The zero-order chi connectivity index (χ0) is 12.7. The molecule has 90 valence electrons. The van der Waals surface area contributed by atoms with Crippen molar-refractivity contribution in [1.82, 2.24) is 9.97 Å². The van der Waals surface area contributed by atoms with Gasteiger partial charge in [0.1, 0.15) is 11.4 Å². The second kappa shape index (κ2) is 3.85. The van der Waals surface area contributed by atoms with Crippen molar-refractivity contribution in [3.8, 4) is 11.6 Å². The minimum absolute atomic E-state index is 0.0190. The summed E-state index contributed by atoms with van der Waals surface area (Å²) in [5.41, 5.74) is 2.88. The van der Waals surface area contributed by atoms with Crippen molar-refractivity contribution in [1.29, 1.82) is 0 Å². The molecule has 4 N–H and O–H groups in total. The summed E-state index contributed by atoms with van der Waals surface area (Å²) in [6.07, 6.45) is 3.39. The smallest absolute Gasteiger partial charge is 0.215 e. The van der Waals surface area contributed by atoms with Gasteiger partial charge in [-0.2, -0.15) is 0 Å². The number of nitrogens with one attached hydrogen (secondary N) is 2. The number of phenolic OH excluding ortho intramolecular Hbond substituents is 1. The van der Waals surface area contributed by atoms with Gasteiger partial charge in [0.25, 0.3) is 0 Å². The van der Waals surface area contributed by atoms with Crippen molar-refractivity contribution in [2.45, 2.75) is 0 Å². The minimum Gasteiger partial charge on any atom is -0.508 e. The summed E-state index contributed by atoms with van der Waals surface area (Å²) in [6, 6.07) is 4.95. The van der Waals surface area contributed by atoms with E-state index in [1.165, 1.54) is 0 Å². The summed E-state index contributed by atoms with van der Waals surface area (Å²) in [4.78, 5) is 9.64. The molecule has 1 aliphatic heterocycles. The van der Waals surface area contributed by atoms with E-state index in [0.29, 0.717) is 10.5 Å². The monoisotopic (exact) mass is 259 g/mol. The summed E-state index contributed by atoms with van der Waals surface area (Å²) in [6.45, 7) is 0. The molecule has 0 bridgehead atoms. The van der Waals surface area contributed by atoms with Gasteiger partial charge in [-0.25, -0.2) is 0 Å². The van der Waals surface area contributed by atoms with E-state index in [4.69, 9.17) is 12.2 Å². The molecule has 0 atom stereocenters. The van der Waals surface area contributed by atoms with Gasteiger partial charge in [-0.15, -0.1) is 0 Å². The van der Waals surface area contributed by atoms with Crippen LogP contribution in [0.4, 0.5) is 5.69 Å². The lowest BCUT2D eigenvalue weighted by atomic mass is 10.1. The quantitative estimate of drug-likeness (QED) is 0.594. The van der Waals surface area contributed by atoms with Crippen LogP contribution in [-0.2, 0) is 0 Å². The highest BCUT2D eigenvalue weighted by Crippen LogP contribution is 2.35. The number of aromatic nitrogens is 2. The zero-order valence-electron chi connectivity index (χ0n) is 9.14. The lowest BCUT2D eigenvalue weighted by molar-refractivity contribution is 0.455. The number of imidazole rings is 1. The van der Waals surface area contributed by atoms with Crippen molar-refractivity contribution in [3.63, 3.8) is 0 Å². The maximum Gasteiger partial charge on any atom is 0.215 e. The fourth-order valence-electron chi connectivity index (χ4n) is 1.84. The van der Waals surface area contributed by atoms with Crippen LogP contribution in [0.15, 0.2) is 23.2 Å². The second-order valence-corrected chi connectivity index (χ2v) is 4.31. The largest absolute Gasteiger partial charge is 0.508 e. The Morgan fingerprint density at radius 1 is 1.22 bits per heavy atom. The van der Waals surface area contributed by atoms with Crippen LogP contribution in [0.3, 0.4) is 0 Å². The maximum absolute atomic E-state index is 9.60. The number of hydrogen-bond donors (Lipinski definition) is 4.